The Bertz CT molecular complexity index is 370. The number of carbonyl (C=O) groups excluding carboxylic acids is 1. The fraction of sp³-hybridized carbons (Fsp3) is 0.636. The number of nitrogen functional groups attached to an aromatic ring is 1. The van der Waals surface area contributed by atoms with Crippen molar-refractivity contribution in [2.45, 2.75) is 46.1 Å². The summed E-state index contributed by atoms with van der Waals surface area (Å²) in [4.78, 5) is 11.3. The molecule has 0 aromatic carbocycles. The molecule has 1 aromatic heterocycles. The van der Waals surface area contributed by atoms with Crippen LogP contribution in [0.2, 0.25) is 0 Å². The number of nitrogens with zero attached hydrogens (tertiary/aromatic N) is 2. The van der Waals surface area contributed by atoms with Gasteiger partial charge in [0.1, 0.15) is 5.69 Å². The normalized spacial score (nSPS) is 10.6. The lowest BCUT2D eigenvalue weighted by Crippen LogP contribution is -2.19. The number of hydrogen-bond donors (Lipinski definition) is 2. The number of aromatic nitrogens is 2. The molecule has 0 atom stereocenters. The summed E-state index contributed by atoms with van der Waals surface area (Å²) in [5.41, 5.74) is 12.7. The highest BCUT2D eigenvalue weighted by molar-refractivity contribution is 5.96. The van der Waals surface area contributed by atoms with Gasteiger partial charge in [-0.15, -0.1) is 0 Å². The Hall–Kier alpha value is -1.52. The number of primary amides is 1. The van der Waals surface area contributed by atoms with Crippen LogP contribution in [-0.4, -0.2) is 15.7 Å². The van der Waals surface area contributed by atoms with E-state index < -0.39 is 5.91 Å². The summed E-state index contributed by atoms with van der Waals surface area (Å²) in [6.07, 6.45) is 3.94. The SMILES string of the molecule is CCCCCn1nc(CC)c(N)c1C(N)=O. The number of nitrogens with two attached hydrogens (primary N) is 2. The second-order valence-corrected chi connectivity index (χ2v) is 3.86. The number of rotatable bonds is 6. The molecular weight excluding hydrogens is 204 g/mol. The van der Waals surface area contributed by atoms with Crippen LogP contribution in [0, 0.1) is 0 Å². The van der Waals surface area contributed by atoms with Crippen molar-refractivity contribution < 1.29 is 4.79 Å². The Morgan fingerprint density at radius 3 is 2.56 bits per heavy atom. The molecule has 0 aliphatic rings. The standard InChI is InChI=1S/C11H20N4O/c1-3-5-6-7-15-10(11(13)16)9(12)8(4-2)14-15/h3-7,12H2,1-2H3,(H2,13,16). The highest BCUT2D eigenvalue weighted by Crippen LogP contribution is 2.18. The van der Waals surface area contributed by atoms with E-state index >= 15 is 0 Å². The maximum atomic E-state index is 11.3. The number of unbranched alkanes of at least 4 members (excludes halogenated alkanes) is 2. The lowest BCUT2D eigenvalue weighted by molar-refractivity contribution is 0.0990. The van der Waals surface area contributed by atoms with Gasteiger partial charge < -0.3 is 11.5 Å². The first-order valence-corrected chi connectivity index (χ1v) is 5.76. The van der Waals surface area contributed by atoms with Gasteiger partial charge in [0.2, 0.25) is 0 Å². The molecule has 0 radical (unpaired) electrons. The Balaban J connectivity index is 2.93. The fourth-order valence-corrected chi connectivity index (χ4v) is 1.72. The Labute approximate surface area is 95.8 Å². The molecule has 4 N–H and O–H groups in total. The summed E-state index contributed by atoms with van der Waals surface area (Å²) in [6.45, 7) is 4.79. The maximum absolute atomic E-state index is 11.3. The first-order chi connectivity index (χ1) is 7.61. The first kappa shape index (κ1) is 12.5. The van der Waals surface area contributed by atoms with Crippen LogP contribution in [0.4, 0.5) is 5.69 Å². The zero-order valence-corrected chi connectivity index (χ0v) is 9.99. The van der Waals surface area contributed by atoms with Gasteiger partial charge >= 0.3 is 0 Å². The van der Waals surface area contributed by atoms with Crippen LogP contribution >= 0.6 is 0 Å². The van der Waals surface area contributed by atoms with Gasteiger partial charge in [-0.3, -0.25) is 9.48 Å². The van der Waals surface area contributed by atoms with Crippen LogP contribution in [-0.2, 0) is 13.0 Å². The van der Waals surface area contributed by atoms with Crippen molar-refractivity contribution in [3.8, 4) is 0 Å². The molecule has 90 valence electrons. The summed E-state index contributed by atoms with van der Waals surface area (Å²) in [6, 6.07) is 0. The molecule has 0 aliphatic heterocycles. The molecule has 1 amide bonds. The molecule has 5 heteroatoms. The van der Waals surface area contributed by atoms with Crippen LogP contribution in [0.1, 0.15) is 49.3 Å². The third-order valence-electron chi connectivity index (χ3n) is 2.61. The average Bonchev–Trinajstić information content (AvgIpc) is 2.55. The van der Waals surface area contributed by atoms with Crippen molar-refractivity contribution >= 4 is 11.6 Å². The van der Waals surface area contributed by atoms with Crippen LogP contribution in [0.25, 0.3) is 0 Å². The molecule has 0 saturated carbocycles. The molecular formula is C11H20N4O. The van der Waals surface area contributed by atoms with E-state index in [1.54, 1.807) is 4.68 Å². The van der Waals surface area contributed by atoms with Gasteiger partial charge in [-0.2, -0.15) is 5.10 Å². The molecule has 16 heavy (non-hydrogen) atoms. The van der Waals surface area contributed by atoms with Crippen LogP contribution < -0.4 is 11.5 Å². The van der Waals surface area contributed by atoms with Crippen molar-refractivity contribution in [1.29, 1.82) is 0 Å². The van der Waals surface area contributed by atoms with E-state index in [0.29, 0.717) is 24.3 Å². The van der Waals surface area contributed by atoms with Gasteiger partial charge in [0, 0.05) is 6.54 Å². The quantitative estimate of drug-likeness (QED) is 0.714. The van der Waals surface area contributed by atoms with Gasteiger partial charge in [0.25, 0.3) is 5.91 Å². The number of aryl methyl sites for hydroxylation is 2. The topological polar surface area (TPSA) is 86.9 Å². The number of amides is 1. The van der Waals surface area contributed by atoms with Crippen molar-refractivity contribution in [1.82, 2.24) is 9.78 Å². The van der Waals surface area contributed by atoms with Crippen LogP contribution in [0.3, 0.4) is 0 Å². The van der Waals surface area contributed by atoms with E-state index in [9.17, 15) is 4.79 Å². The molecule has 0 spiro atoms. The summed E-state index contributed by atoms with van der Waals surface area (Å²) >= 11 is 0. The largest absolute Gasteiger partial charge is 0.395 e. The number of anilines is 1. The fourth-order valence-electron chi connectivity index (χ4n) is 1.72. The van der Waals surface area contributed by atoms with E-state index in [1.807, 2.05) is 6.92 Å². The Morgan fingerprint density at radius 1 is 1.38 bits per heavy atom. The smallest absolute Gasteiger partial charge is 0.269 e. The van der Waals surface area contributed by atoms with Crippen LogP contribution in [0.15, 0.2) is 0 Å². The summed E-state index contributed by atoms with van der Waals surface area (Å²) in [5, 5.41) is 4.31. The van der Waals surface area contributed by atoms with Crippen molar-refractivity contribution in [2.75, 3.05) is 5.73 Å². The zero-order valence-electron chi connectivity index (χ0n) is 9.99. The minimum atomic E-state index is -0.499. The number of hydrogen-bond acceptors (Lipinski definition) is 3. The lowest BCUT2D eigenvalue weighted by atomic mass is 10.2. The van der Waals surface area contributed by atoms with E-state index in [-0.39, 0.29) is 0 Å². The first-order valence-electron chi connectivity index (χ1n) is 5.76. The van der Waals surface area contributed by atoms with Gasteiger partial charge in [-0.1, -0.05) is 26.7 Å². The summed E-state index contributed by atoms with van der Waals surface area (Å²) in [5.74, 6) is -0.499. The average molecular weight is 224 g/mol. The van der Waals surface area contributed by atoms with E-state index in [0.717, 1.165) is 25.0 Å². The van der Waals surface area contributed by atoms with Crippen LogP contribution in [0.5, 0.6) is 0 Å². The van der Waals surface area contributed by atoms with E-state index in [4.69, 9.17) is 11.5 Å². The molecule has 0 aliphatic carbocycles. The second-order valence-electron chi connectivity index (χ2n) is 3.86. The van der Waals surface area contributed by atoms with Gasteiger partial charge in [0.15, 0.2) is 0 Å². The maximum Gasteiger partial charge on any atom is 0.269 e. The predicted molar refractivity (Wildman–Crippen MR) is 64.1 cm³/mol. The second kappa shape index (κ2) is 5.53. The molecule has 0 unspecified atom stereocenters. The van der Waals surface area contributed by atoms with E-state index in [1.165, 1.54) is 0 Å². The molecule has 0 bridgehead atoms. The summed E-state index contributed by atoms with van der Waals surface area (Å²) < 4.78 is 1.64. The number of carbonyl (C=O) groups is 1. The minimum Gasteiger partial charge on any atom is -0.395 e. The van der Waals surface area contributed by atoms with Crippen molar-refractivity contribution in [3.63, 3.8) is 0 Å². The molecule has 1 aromatic rings. The van der Waals surface area contributed by atoms with Crippen molar-refractivity contribution in [2.24, 2.45) is 5.73 Å². The van der Waals surface area contributed by atoms with Crippen molar-refractivity contribution in [3.05, 3.63) is 11.4 Å². The van der Waals surface area contributed by atoms with Gasteiger partial charge in [-0.05, 0) is 12.8 Å². The monoisotopic (exact) mass is 224 g/mol. The third-order valence-corrected chi connectivity index (χ3v) is 2.61. The van der Waals surface area contributed by atoms with Gasteiger partial charge in [0.05, 0.1) is 11.4 Å². The zero-order chi connectivity index (χ0) is 12.1. The van der Waals surface area contributed by atoms with Gasteiger partial charge in [-0.25, -0.2) is 0 Å². The molecule has 0 saturated heterocycles. The molecule has 0 fully saturated rings. The molecule has 5 nitrogen and oxygen atoms in total. The highest BCUT2D eigenvalue weighted by atomic mass is 16.1. The predicted octanol–water partition coefficient (Wildman–Crippen LogP) is 1.32. The Kier molecular flexibility index (Phi) is 4.34. The van der Waals surface area contributed by atoms with E-state index in [2.05, 4.69) is 12.0 Å². The molecule has 1 rings (SSSR count). The molecule has 1 heterocycles. The Morgan fingerprint density at radius 2 is 2.06 bits per heavy atom. The summed E-state index contributed by atoms with van der Waals surface area (Å²) in [7, 11) is 0. The highest BCUT2D eigenvalue weighted by Gasteiger charge is 2.17. The third kappa shape index (κ3) is 2.53. The minimum absolute atomic E-state index is 0.355. The lowest BCUT2D eigenvalue weighted by Gasteiger charge is -2.04.